The van der Waals surface area contributed by atoms with E-state index < -0.39 is 11.7 Å². The Morgan fingerprint density at radius 1 is 1.55 bits per heavy atom. The number of carbonyl (C=O) groups excluding carboxylic acids is 2. The Balaban J connectivity index is 2.57. The Hall–Kier alpha value is -1.16. The van der Waals surface area contributed by atoms with Crippen molar-refractivity contribution >= 4 is 23.0 Å². The fourth-order valence-electron chi connectivity index (χ4n) is 0.666. The molecule has 1 amide bonds. The summed E-state index contributed by atoms with van der Waals surface area (Å²) in [6, 6.07) is 1.80. The highest BCUT2D eigenvalue weighted by Crippen LogP contribution is 2.06. The van der Waals surface area contributed by atoms with Gasteiger partial charge < -0.3 is 5.73 Å². The van der Waals surface area contributed by atoms with Crippen molar-refractivity contribution in [1.29, 1.82) is 0 Å². The minimum atomic E-state index is -0.865. The largest absolute Gasteiger partial charge is 0.363 e. The summed E-state index contributed by atoms with van der Waals surface area (Å²) in [6.07, 6.45) is 0.124. The number of ketones is 1. The molecule has 4 heteroatoms. The number of nitrogens with two attached hydrogens (primary N) is 1. The van der Waals surface area contributed by atoms with Gasteiger partial charge in [0.2, 0.25) is 5.78 Å². The van der Waals surface area contributed by atoms with Crippen molar-refractivity contribution in [1.82, 2.24) is 0 Å². The number of carbonyl (C=O) groups is 2. The van der Waals surface area contributed by atoms with Crippen LogP contribution in [-0.2, 0) is 16.0 Å². The van der Waals surface area contributed by atoms with Crippen molar-refractivity contribution in [3.05, 3.63) is 22.4 Å². The second kappa shape index (κ2) is 3.30. The van der Waals surface area contributed by atoms with Crippen LogP contribution in [0.1, 0.15) is 5.56 Å². The van der Waals surface area contributed by atoms with Crippen LogP contribution in [0, 0.1) is 0 Å². The van der Waals surface area contributed by atoms with Gasteiger partial charge in [-0.1, -0.05) is 0 Å². The molecule has 0 aromatic carbocycles. The fraction of sp³-hybridized carbons (Fsp3) is 0.143. The van der Waals surface area contributed by atoms with Crippen LogP contribution in [-0.4, -0.2) is 11.7 Å². The molecule has 2 N–H and O–H groups in total. The van der Waals surface area contributed by atoms with E-state index >= 15 is 0 Å². The van der Waals surface area contributed by atoms with Crippen molar-refractivity contribution in [2.45, 2.75) is 6.42 Å². The third-order valence-corrected chi connectivity index (χ3v) is 1.95. The van der Waals surface area contributed by atoms with E-state index in [1.807, 2.05) is 10.8 Å². The standard InChI is InChI=1S/C7H7NO2S/c8-7(10)6(9)3-5-1-2-11-4-5/h1-2,4H,3H2,(H2,8,10). The Labute approximate surface area is 67.8 Å². The lowest BCUT2D eigenvalue weighted by molar-refractivity contribution is -0.135. The van der Waals surface area contributed by atoms with E-state index in [0.29, 0.717) is 0 Å². The van der Waals surface area contributed by atoms with Crippen LogP contribution >= 0.6 is 11.3 Å². The molecule has 0 radical (unpaired) electrons. The molecule has 3 nitrogen and oxygen atoms in total. The van der Waals surface area contributed by atoms with Crippen molar-refractivity contribution < 1.29 is 9.59 Å². The maximum absolute atomic E-state index is 10.7. The molecule has 58 valence electrons. The van der Waals surface area contributed by atoms with Crippen LogP contribution in [0.15, 0.2) is 16.8 Å². The monoisotopic (exact) mass is 169 g/mol. The summed E-state index contributed by atoms with van der Waals surface area (Å²) in [5.41, 5.74) is 5.61. The molecule has 0 saturated heterocycles. The van der Waals surface area contributed by atoms with E-state index in [2.05, 4.69) is 0 Å². The molecule has 0 saturated carbocycles. The molecular formula is C7H7NO2S. The number of thiophene rings is 1. The molecule has 0 bridgehead atoms. The normalized spacial score (nSPS) is 9.45. The summed E-state index contributed by atoms with van der Waals surface area (Å²) in [6.45, 7) is 0. The maximum atomic E-state index is 10.7. The van der Waals surface area contributed by atoms with Crippen molar-refractivity contribution in [2.24, 2.45) is 5.73 Å². The summed E-state index contributed by atoms with van der Waals surface area (Å²) in [7, 11) is 0. The summed E-state index contributed by atoms with van der Waals surface area (Å²) in [5, 5.41) is 3.67. The lowest BCUT2D eigenvalue weighted by Crippen LogP contribution is -2.24. The lowest BCUT2D eigenvalue weighted by atomic mass is 10.2. The number of hydrogen-bond donors (Lipinski definition) is 1. The van der Waals surface area contributed by atoms with Crippen molar-refractivity contribution in [3.8, 4) is 0 Å². The van der Waals surface area contributed by atoms with Gasteiger partial charge in [0.15, 0.2) is 0 Å². The van der Waals surface area contributed by atoms with Crippen LogP contribution < -0.4 is 5.73 Å². The Morgan fingerprint density at radius 3 is 2.73 bits per heavy atom. The maximum Gasteiger partial charge on any atom is 0.285 e. The van der Waals surface area contributed by atoms with E-state index in [0.717, 1.165) is 5.56 Å². The zero-order valence-electron chi connectivity index (χ0n) is 5.74. The molecule has 0 fully saturated rings. The highest BCUT2D eigenvalue weighted by Gasteiger charge is 2.09. The topological polar surface area (TPSA) is 60.2 Å². The van der Waals surface area contributed by atoms with Crippen LogP contribution in [0.25, 0.3) is 0 Å². The third-order valence-electron chi connectivity index (χ3n) is 1.22. The highest BCUT2D eigenvalue weighted by molar-refractivity contribution is 7.08. The van der Waals surface area contributed by atoms with E-state index in [1.54, 1.807) is 6.07 Å². The molecule has 1 rings (SSSR count). The van der Waals surface area contributed by atoms with E-state index in [-0.39, 0.29) is 6.42 Å². The minimum absolute atomic E-state index is 0.124. The molecule has 0 aliphatic rings. The van der Waals surface area contributed by atoms with Gasteiger partial charge >= 0.3 is 0 Å². The van der Waals surface area contributed by atoms with Crippen LogP contribution in [0.4, 0.5) is 0 Å². The number of hydrogen-bond acceptors (Lipinski definition) is 3. The van der Waals surface area contributed by atoms with Gasteiger partial charge in [-0.15, -0.1) is 0 Å². The van der Waals surface area contributed by atoms with E-state index in [4.69, 9.17) is 5.73 Å². The molecule has 11 heavy (non-hydrogen) atoms. The second-order valence-corrected chi connectivity index (χ2v) is 2.88. The zero-order chi connectivity index (χ0) is 8.27. The van der Waals surface area contributed by atoms with Gasteiger partial charge in [-0.3, -0.25) is 9.59 Å². The number of amides is 1. The number of Topliss-reactive ketones (excluding diaryl/α,β-unsaturated/α-hetero) is 1. The second-order valence-electron chi connectivity index (χ2n) is 2.10. The third kappa shape index (κ3) is 2.16. The van der Waals surface area contributed by atoms with Crippen molar-refractivity contribution in [2.75, 3.05) is 0 Å². The first-order valence-corrected chi connectivity index (χ1v) is 3.98. The molecule has 1 heterocycles. The molecule has 0 atom stereocenters. The van der Waals surface area contributed by atoms with Crippen molar-refractivity contribution in [3.63, 3.8) is 0 Å². The van der Waals surface area contributed by atoms with Gasteiger partial charge in [0.25, 0.3) is 5.91 Å². The number of rotatable bonds is 3. The highest BCUT2D eigenvalue weighted by atomic mass is 32.1. The summed E-state index contributed by atoms with van der Waals surface area (Å²) < 4.78 is 0. The molecule has 0 aliphatic carbocycles. The smallest absolute Gasteiger partial charge is 0.285 e. The average molecular weight is 169 g/mol. The summed E-state index contributed by atoms with van der Waals surface area (Å²) >= 11 is 1.49. The molecular weight excluding hydrogens is 162 g/mol. The van der Waals surface area contributed by atoms with Gasteiger partial charge in [-0.2, -0.15) is 11.3 Å². The minimum Gasteiger partial charge on any atom is -0.363 e. The quantitative estimate of drug-likeness (QED) is 0.663. The summed E-state index contributed by atoms with van der Waals surface area (Å²) in [4.78, 5) is 21.0. The van der Waals surface area contributed by atoms with Crippen LogP contribution in [0.2, 0.25) is 0 Å². The fourth-order valence-corrected chi connectivity index (χ4v) is 1.33. The first-order chi connectivity index (χ1) is 5.20. The predicted molar refractivity (Wildman–Crippen MR) is 42.2 cm³/mol. The SMILES string of the molecule is NC(=O)C(=O)Cc1ccsc1. The first kappa shape index (κ1) is 7.94. The van der Waals surface area contributed by atoms with Gasteiger partial charge in [0.05, 0.1) is 0 Å². The average Bonchev–Trinajstić information content (AvgIpc) is 2.39. The Kier molecular flexibility index (Phi) is 2.38. The molecule has 1 aromatic rings. The summed E-state index contributed by atoms with van der Waals surface area (Å²) in [5.74, 6) is -1.40. The van der Waals surface area contributed by atoms with Gasteiger partial charge in [0.1, 0.15) is 0 Å². The molecule has 0 aliphatic heterocycles. The van der Waals surface area contributed by atoms with Gasteiger partial charge in [-0.05, 0) is 22.4 Å². The molecule has 0 unspecified atom stereocenters. The Bertz CT molecular complexity index is 266. The van der Waals surface area contributed by atoms with Crippen LogP contribution in [0.5, 0.6) is 0 Å². The molecule has 1 aromatic heterocycles. The van der Waals surface area contributed by atoms with E-state index in [1.165, 1.54) is 11.3 Å². The lowest BCUT2D eigenvalue weighted by Gasteiger charge is -1.90. The van der Waals surface area contributed by atoms with Gasteiger partial charge in [-0.25, -0.2) is 0 Å². The predicted octanol–water partition coefficient (Wildman–Crippen LogP) is 0.345. The van der Waals surface area contributed by atoms with Gasteiger partial charge in [0, 0.05) is 6.42 Å². The first-order valence-electron chi connectivity index (χ1n) is 3.04. The van der Waals surface area contributed by atoms with E-state index in [9.17, 15) is 9.59 Å². The molecule has 0 spiro atoms. The number of primary amides is 1. The zero-order valence-corrected chi connectivity index (χ0v) is 6.56. The Morgan fingerprint density at radius 2 is 2.27 bits per heavy atom. The van der Waals surface area contributed by atoms with Crippen LogP contribution in [0.3, 0.4) is 0 Å².